The standard InChI is InChI=1S/C21H26FN3OS/c1-17-2-8-20(9-3-17)23-21(27)25(11-10-24-12-14-26-15-13-24)16-18-4-6-19(22)7-5-18/h2-9H,10-16H2,1H3,(H,23,27). The summed E-state index contributed by atoms with van der Waals surface area (Å²) >= 11 is 5.68. The Kier molecular flexibility index (Phi) is 7.15. The summed E-state index contributed by atoms with van der Waals surface area (Å²) in [6.45, 7) is 7.88. The van der Waals surface area contributed by atoms with Crippen LogP contribution in [0.25, 0.3) is 0 Å². The van der Waals surface area contributed by atoms with E-state index in [1.165, 1.54) is 17.7 Å². The third kappa shape index (κ3) is 6.27. The molecule has 0 saturated carbocycles. The zero-order chi connectivity index (χ0) is 19.1. The van der Waals surface area contributed by atoms with E-state index in [1.54, 1.807) is 0 Å². The van der Waals surface area contributed by atoms with E-state index in [-0.39, 0.29) is 5.82 Å². The van der Waals surface area contributed by atoms with E-state index in [0.29, 0.717) is 11.7 Å². The van der Waals surface area contributed by atoms with E-state index in [1.807, 2.05) is 24.3 Å². The van der Waals surface area contributed by atoms with Crippen LogP contribution in [0.4, 0.5) is 10.1 Å². The molecule has 144 valence electrons. The number of benzene rings is 2. The van der Waals surface area contributed by atoms with Crippen molar-refractivity contribution in [1.82, 2.24) is 9.80 Å². The number of anilines is 1. The van der Waals surface area contributed by atoms with Gasteiger partial charge < -0.3 is 15.0 Å². The molecule has 3 rings (SSSR count). The Labute approximate surface area is 165 Å². The Hall–Kier alpha value is -2.02. The predicted molar refractivity (Wildman–Crippen MR) is 111 cm³/mol. The maximum Gasteiger partial charge on any atom is 0.173 e. The van der Waals surface area contributed by atoms with Gasteiger partial charge in [0.2, 0.25) is 0 Å². The molecule has 4 nitrogen and oxygen atoms in total. The summed E-state index contributed by atoms with van der Waals surface area (Å²) in [6.07, 6.45) is 0. The first-order chi connectivity index (χ1) is 13.1. The van der Waals surface area contributed by atoms with E-state index in [4.69, 9.17) is 17.0 Å². The second-order valence-corrected chi connectivity index (χ2v) is 7.18. The van der Waals surface area contributed by atoms with Gasteiger partial charge in [-0.15, -0.1) is 0 Å². The number of rotatable bonds is 6. The highest BCUT2D eigenvalue weighted by Gasteiger charge is 2.15. The topological polar surface area (TPSA) is 27.7 Å². The van der Waals surface area contributed by atoms with Crippen LogP contribution in [-0.4, -0.2) is 54.3 Å². The number of ether oxygens (including phenoxy) is 1. The van der Waals surface area contributed by atoms with Gasteiger partial charge in [0.15, 0.2) is 5.11 Å². The number of halogens is 1. The molecule has 1 aliphatic rings. The Morgan fingerprint density at radius 2 is 1.78 bits per heavy atom. The molecule has 1 N–H and O–H groups in total. The summed E-state index contributed by atoms with van der Waals surface area (Å²) < 4.78 is 18.6. The van der Waals surface area contributed by atoms with Crippen LogP contribution in [-0.2, 0) is 11.3 Å². The third-order valence-electron chi connectivity index (χ3n) is 4.67. The molecule has 1 heterocycles. The zero-order valence-corrected chi connectivity index (χ0v) is 16.5. The van der Waals surface area contributed by atoms with Gasteiger partial charge in [0.25, 0.3) is 0 Å². The van der Waals surface area contributed by atoms with Crippen molar-refractivity contribution in [2.45, 2.75) is 13.5 Å². The first-order valence-corrected chi connectivity index (χ1v) is 9.68. The molecule has 1 aliphatic heterocycles. The highest BCUT2D eigenvalue weighted by molar-refractivity contribution is 7.80. The van der Waals surface area contributed by atoms with Gasteiger partial charge in [0.1, 0.15) is 5.82 Å². The zero-order valence-electron chi connectivity index (χ0n) is 15.7. The fraction of sp³-hybridized carbons (Fsp3) is 0.381. The second-order valence-electron chi connectivity index (χ2n) is 6.80. The predicted octanol–water partition coefficient (Wildman–Crippen LogP) is 3.67. The molecule has 2 aromatic rings. The molecule has 2 aromatic carbocycles. The van der Waals surface area contributed by atoms with Crippen molar-refractivity contribution >= 4 is 23.0 Å². The molecule has 0 amide bonds. The average Bonchev–Trinajstić information content (AvgIpc) is 2.69. The lowest BCUT2D eigenvalue weighted by atomic mass is 10.2. The minimum atomic E-state index is -0.223. The molecule has 0 radical (unpaired) electrons. The minimum Gasteiger partial charge on any atom is -0.379 e. The summed E-state index contributed by atoms with van der Waals surface area (Å²) in [6, 6.07) is 14.8. The first-order valence-electron chi connectivity index (χ1n) is 9.27. The number of aryl methyl sites for hydroxylation is 1. The van der Waals surface area contributed by atoms with E-state index >= 15 is 0 Å². The van der Waals surface area contributed by atoms with E-state index in [0.717, 1.165) is 50.6 Å². The van der Waals surface area contributed by atoms with Crippen molar-refractivity contribution in [3.05, 3.63) is 65.5 Å². The minimum absolute atomic E-state index is 0.223. The summed E-state index contributed by atoms with van der Waals surface area (Å²) in [5.41, 5.74) is 3.22. The molecular weight excluding hydrogens is 361 g/mol. The number of nitrogens with zero attached hydrogens (tertiary/aromatic N) is 2. The molecule has 0 unspecified atom stereocenters. The van der Waals surface area contributed by atoms with Crippen LogP contribution < -0.4 is 5.32 Å². The highest BCUT2D eigenvalue weighted by atomic mass is 32.1. The summed E-state index contributed by atoms with van der Waals surface area (Å²) in [4.78, 5) is 4.52. The first kappa shape index (κ1) is 19.7. The number of hydrogen-bond acceptors (Lipinski definition) is 3. The van der Waals surface area contributed by atoms with Crippen LogP contribution >= 0.6 is 12.2 Å². The molecule has 1 saturated heterocycles. The van der Waals surface area contributed by atoms with E-state index in [2.05, 4.69) is 34.2 Å². The summed E-state index contributed by atoms with van der Waals surface area (Å²) in [7, 11) is 0. The fourth-order valence-electron chi connectivity index (χ4n) is 2.99. The van der Waals surface area contributed by atoms with Gasteiger partial charge in [-0.2, -0.15) is 0 Å². The van der Waals surface area contributed by atoms with Gasteiger partial charge in [0.05, 0.1) is 13.2 Å². The number of thiocarbonyl (C=S) groups is 1. The molecule has 0 spiro atoms. The smallest absolute Gasteiger partial charge is 0.173 e. The fourth-order valence-corrected chi connectivity index (χ4v) is 3.26. The molecule has 6 heteroatoms. The number of nitrogens with one attached hydrogen (secondary N) is 1. The van der Waals surface area contributed by atoms with Gasteiger partial charge in [-0.1, -0.05) is 29.8 Å². The monoisotopic (exact) mass is 387 g/mol. The average molecular weight is 388 g/mol. The van der Waals surface area contributed by atoms with Gasteiger partial charge in [-0.3, -0.25) is 4.90 Å². The van der Waals surface area contributed by atoms with Crippen LogP contribution in [0.5, 0.6) is 0 Å². The van der Waals surface area contributed by atoms with Crippen LogP contribution in [0.15, 0.2) is 48.5 Å². The van der Waals surface area contributed by atoms with Crippen molar-refractivity contribution in [2.24, 2.45) is 0 Å². The third-order valence-corrected chi connectivity index (χ3v) is 5.03. The van der Waals surface area contributed by atoms with Gasteiger partial charge in [-0.25, -0.2) is 4.39 Å². The van der Waals surface area contributed by atoms with E-state index < -0.39 is 0 Å². The molecule has 0 bridgehead atoms. The van der Waals surface area contributed by atoms with Crippen molar-refractivity contribution < 1.29 is 9.13 Å². The largest absolute Gasteiger partial charge is 0.379 e. The molecule has 0 aromatic heterocycles. The van der Waals surface area contributed by atoms with E-state index in [9.17, 15) is 4.39 Å². The number of morpholine rings is 1. The van der Waals surface area contributed by atoms with Crippen LogP contribution in [0.2, 0.25) is 0 Å². The van der Waals surface area contributed by atoms with Crippen LogP contribution in [0.1, 0.15) is 11.1 Å². The van der Waals surface area contributed by atoms with Crippen LogP contribution in [0, 0.1) is 12.7 Å². The maximum absolute atomic E-state index is 13.2. The van der Waals surface area contributed by atoms with Gasteiger partial charge in [-0.05, 0) is 49.0 Å². The Morgan fingerprint density at radius 3 is 2.44 bits per heavy atom. The van der Waals surface area contributed by atoms with Crippen LogP contribution in [0.3, 0.4) is 0 Å². The van der Waals surface area contributed by atoms with Crippen molar-refractivity contribution in [2.75, 3.05) is 44.7 Å². The Morgan fingerprint density at radius 1 is 1.11 bits per heavy atom. The lowest BCUT2D eigenvalue weighted by molar-refractivity contribution is 0.0358. The lowest BCUT2D eigenvalue weighted by Gasteiger charge is -2.31. The van der Waals surface area contributed by atoms with Crippen molar-refractivity contribution in [3.8, 4) is 0 Å². The van der Waals surface area contributed by atoms with Crippen molar-refractivity contribution in [3.63, 3.8) is 0 Å². The molecule has 27 heavy (non-hydrogen) atoms. The highest BCUT2D eigenvalue weighted by Crippen LogP contribution is 2.13. The lowest BCUT2D eigenvalue weighted by Crippen LogP contribution is -2.43. The van der Waals surface area contributed by atoms with Gasteiger partial charge >= 0.3 is 0 Å². The molecule has 1 fully saturated rings. The van der Waals surface area contributed by atoms with Crippen molar-refractivity contribution in [1.29, 1.82) is 0 Å². The SMILES string of the molecule is Cc1ccc(NC(=S)N(CCN2CCOCC2)Cc2ccc(F)cc2)cc1. The number of hydrogen-bond donors (Lipinski definition) is 1. The molecular formula is C21H26FN3OS. The Bertz CT molecular complexity index is 730. The quantitative estimate of drug-likeness (QED) is 0.764. The van der Waals surface area contributed by atoms with Gasteiger partial charge in [0, 0.05) is 38.4 Å². The normalized spacial score (nSPS) is 14.7. The summed E-state index contributed by atoms with van der Waals surface area (Å²) in [5.74, 6) is -0.223. The Balaban J connectivity index is 1.65. The molecule has 0 atom stereocenters. The second kappa shape index (κ2) is 9.78. The summed E-state index contributed by atoms with van der Waals surface area (Å²) in [5, 5.41) is 4.01. The maximum atomic E-state index is 13.2. The molecule has 0 aliphatic carbocycles.